The smallest absolute Gasteiger partial charge is 0.292 e. The summed E-state index contributed by atoms with van der Waals surface area (Å²) in [4.78, 5) is 0. The lowest BCUT2D eigenvalue weighted by molar-refractivity contribution is -0.476. The molecule has 0 amide bonds. The molecule has 0 aromatic heterocycles. The van der Waals surface area contributed by atoms with Gasteiger partial charge in [0.2, 0.25) is 5.69 Å². The van der Waals surface area contributed by atoms with Crippen molar-refractivity contribution >= 4 is 11.9 Å². The van der Waals surface area contributed by atoms with Crippen LogP contribution >= 0.6 is 0 Å². The number of methoxy groups -OCH3 is 1. The van der Waals surface area contributed by atoms with Crippen LogP contribution in [0.2, 0.25) is 0 Å². The lowest BCUT2D eigenvalue weighted by atomic mass is 9.77. The monoisotopic (exact) mass is 372 g/mol. The fourth-order valence-corrected chi connectivity index (χ4v) is 3.84. The number of hydrogen-bond donors (Lipinski definition) is 0. The van der Waals surface area contributed by atoms with E-state index in [0.717, 1.165) is 28.3 Å². The van der Waals surface area contributed by atoms with Gasteiger partial charge >= 0.3 is 0 Å². The fraction of sp³-hybridized carbons (Fsp3) is 0.240. The predicted octanol–water partition coefficient (Wildman–Crippen LogP) is 5.44. The minimum absolute atomic E-state index is 0.210. The molecule has 1 aliphatic heterocycles. The van der Waals surface area contributed by atoms with Crippen LogP contribution in [0.25, 0.3) is 0 Å². The van der Waals surface area contributed by atoms with Crippen LogP contribution in [0.3, 0.4) is 0 Å². The third-order valence-corrected chi connectivity index (χ3v) is 5.56. The summed E-state index contributed by atoms with van der Waals surface area (Å²) in [7, 11) is 1.71. The molecule has 1 heterocycles. The van der Waals surface area contributed by atoms with Crippen LogP contribution in [0.4, 0.5) is 5.69 Å². The molecular formula is C25H26NO2+. The van der Waals surface area contributed by atoms with E-state index >= 15 is 0 Å². The van der Waals surface area contributed by atoms with E-state index in [9.17, 15) is 0 Å². The summed E-state index contributed by atoms with van der Waals surface area (Å²) in [5.74, 6) is 1.77. The van der Waals surface area contributed by atoms with Crippen molar-refractivity contribution in [2.45, 2.75) is 26.2 Å². The Morgan fingerprint density at radius 2 is 1.68 bits per heavy atom. The largest absolute Gasteiger partial charge is 0.497 e. The molecule has 0 atom stereocenters. The molecule has 0 fully saturated rings. The van der Waals surface area contributed by atoms with Gasteiger partial charge in [-0.2, -0.15) is 4.58 Å². The second-order valence-corrected chi connectivity index (χ2v) is 7.74. The van der Waals surface area contributed by atoms with Crippen LogP contribution < -0.4 is 9.47 Å². The van der Waals surface area contributed by atoms with Crippen molar-refractivity contribution < 1.29 is 14.0 Å². The van der Waals surface area contributed by atoms with Gasteiger partial charge in [0, 0.05) is 22.6 Å². The molecule has 0 N–H and O–H groups in total. The van der Waals surface area contributed by atoms with Crippen molar-refractivity contribution in [1.82, 2.24) is 0 Å². The summed E-state index contributed by atoms with van der Waals surface area (Å²) in [5, 5.41) is 0. The molecule has 4 rings (SSSR count). The zero-order chi connectivity index (χ0) is 19.7. The summed E-state index contributed by atoms with van der Waals surface area (Å²) in [6.45, 7) is 7.07. The molecule has 0 aliphatic carbocycles. The molecule has 142 valence electrons. The Kier molecular flexibility index (Phi) is 4.68. The van der Waals surface area contributed by atoms with Gasteiger partial charge in [-0.1, -0.05) is 62.4 Å². The number of aryl methyl sites for hydroxylation is 1. The Bertz CT molecular complexity index is 1040. The van der Waals surface area contributed by atoms with E-state index in [1.165, 1.54) is 11.1 Å². The number of nitrogens with zero attached hydrogens (tertiary/aromatic N) is 1. The standard InChI is InChI=1S/C25H26NO2/c1-18-10-8-9-13-23(18)26-16-19-14-21(27-4)15-22(24(19)28-17-26)25(2,3)20-11-6-5-7-12-20/h5-16H,17H2,1-4H3/q+1. The molecule has 3 aromatic carbocycles. The maximum atomic E-state index is 6.32. The highest BCUT2D eigenvalue weighted by Gasteiger charge is 2.32. The first-order valence-electron chi connectivity index (χ1n) is 9.58. The van der Waals surface area contributed by atoms with Gasteiger partial charge in [-0.3, -0.25) is 0 Å². The molecule has 0 bridgehead atoms. The van der Waals surface area contributed by atoms with Crippen LogP contribution in [0.5, 0.6) is 11.5 Å². The van der Waals surface area contributed by atoms with Gasteiger partial charge in [-0.15, -0.1) is 0 Å². The highest BCUT2D eigenvalue weighted by Crippen LogP contribution is 2.42. The summed E-state index contributed by atoms with van der Waals surface area (Å²) in [5.41, 5.74) is 5.58. The normalized spacial score (nSPS) is 13.4. The molecule has 0 spiro atoms. The Balaban J connectivity index is 1.87. The number of rotatable bonds is 4. The van der Waals surface area contributed by atoms with Gasteiger partial charge in [0.05, 0.1) is 12.7 Å². The number of ether oxygens (including phenoxy) is 2. The quantitative estimate of drug-likeness (QED) is 0.569. The third kappa shape index (κ3) is 3.18. The molecule has 1 aliphatic rings. The molecular weight excluding hydrogens is 346 g/mol. The summed E-state index contributed by atoms with van der Waals surface area (Å²) >= 11 is 0. The predicted molar refractivity (Wildman–Crippen MR) is 113 cm³/mol. The van der Waals surface area contributed by atoms with Crippen molar-refractivity contribution in [3.63, 3.8) is 0 Å². The van der Waals surface area contributed by atoms with Gasteiger partial charge < -0.3 is 9.47 Å². The van der Waals surface area contributed by atoms with Crippen molar-refractivity contribution in [3.8, 4) is 11.5 Å². The van der Waals surface area contributed by atoms with E-state index < -0.39 is 0 Å². The van der Waals surface area contributed by atoms with Crippen LogP contribution in [0.15, 0.2) is 66.7 Å². The first-order valence-corrected chi connectivity index (χ1v) is 9.58. The zero-order valence-electron chi connectivity index (χ0n) is 16.9. The molecule has 3 nitrogen and oxygen atoms in total. The van der Waals surface area contributed by atoms with Gasteiger partial charge in [-0.05, 0) is 24.6 Å². The van der Waals surface area contributed by atoms with E-state index in [0.29, 0.717) is 6.73 Å². The zero-order valence-corrected chi connectivity index (χ0v) is 16.9. The SMILES string of the molecule is COc1cc2c(c(C(C)(C)c3ccccc3)c1)OC[N+](c1ccccc1C)=C2. The minimum atomic E-state index is -0.210. The number of hydrogen-bond acceptors (Lipinski definition) is 2. The second kappa shape index (κ2) is 7.16. The number of benzene rings is 3. The Hall–Kier alpha value is -3.07. The van der Waals surface area contributed by atoms with E-state index in [-0.39, 0.29) is 5.41 Å². The van der Waals surface area contributed by atoms with E-state index in [4.69, 9.17) is 9.47 Å². The molecule has 0 saturated carbocycles. The van der Waals surface area contributed by atoms with E-state index in [1.807, 2.05) is 12.1 Å². The van der Waals surface area contributed by atoms with Crippen molar-refractivity contribution in [3.05, 3.63) is 89.0 Å². The first kappa shape index (κ1) is 18.3. The Morgan fingerprint density at radius 3 is 2.39 bits per heavy atom. The number of para-hydroxylation sites is 1. The van der Waals surface area contributed by atoms with Crippen LogP contribution in [-0.2, 0) is 5.41 Å². The molecule has 3 aromatic rings. The van der Waals surface area contributed by atoms with Crippen molar-refractivity contribution in [1.29, 1.82) is 0 Å². The molecule has 28 heavy (non-hydrogen) atoms. The van der Waals surface area contributed by atoms with Crippen molar-refractivity contribution in [2.24, 2.45) is 0 Å². The summed E-state index contributed by atoms with van der Waals surface area (Å²) in [6, 6.07) is 23.0. The average molecular weight is 372 g/mol. The number of fused-ring (bicyclic) bond motifs is 1. The van der Waals surface area contributed by atoms with Gasteiger partial charge in [0.25, 0.3) is 6.73 Å². The highest BCUT2D eigenvalue weighted by atomic mass is 16.5. The summed E-state index contributed by atoms with van der Waals surface area (Å²) in [6.07, 6.45) is 2.16. The third-order valence-electron chi connectivity index (χ3n) is 5.56. The molecule has 0 unspecified atom stereocenters. The lowest BCUT2D eigenvalue weighted by Gasteiger charge is -2.30. The lowest BCUT2D eigenvalue weighted by Crippen LogP contribution is -2.26. The van der Waals surface area contributed by atoms with Gasteiger partial charge in [0.1, 0.15) is 11.5 Å². The van der Waals surface area contributed by atoms with Crippen molar-refractivity contribution in [2.75, 3.05) is 13.8 Å². The average Bonchev–Trinajstić information content (AvgIpc) is 2.73. The second-order valence-electron chi connectivity index (χ2n) is 7.74. The van der Waals surface area contributed by atoms with Crippen LogP contribution in [0.1, 0.15) is 36.1 Å². The summed E-state index contributed by atoms with van der Waals surface area (Å²) < 4.78 is 14.1. The molecule has 0 radical (unpaired) electrons. The van der Waals surface area contributed by atoms with Gasteiger partial charge in [0.15, 0.2) is 6.21 Å². The van der Waals surface area contributed by atoms with E-state index in [1.54, 1.807) is 7.11 Å². The Morgan fingerprint density at radius 1 is 0.964 bits per heavy atom. The maximum absolute atomic E-state index is 6.32. The maximum Gasteiger partial charge on any atom is 0.292 e. The molecule has 0 saturated heterocycles. The van der Waals surface area contributed by atoms with Crippen LogP contribution in [-0.4, -0.2) is 24.6 Å². The minimum Gasteiger partial charge on any atom is -0.497 e. The molecule has 3 heteroatoms. The Labute approximate surface area is 166 Å². The van der Waals surface area contributed by atoms with Gasteiger partial charge in [-0.25, -0.2) is 0 Å². The topological polar surface area (TPSA) is 21.5 Å². The first-order chi connectivity index (χ1) is 13.5. The fourth-order valence-electron chi connectivity index (χ4n) is 3.84. The van der Waals surface area contributed by atoms with Crippen LogP contribution in [0, 0.1) is 6.92 Å². The van der Waals surface area contributed by atoms with E-state index in [2.05, 4.69) is 86.2 Å². The highest BCUT2D eigenvalue weighted by molar-refractivity contribution is 5.84.